The zero-order valence-corrected chi connectivity index (χ0v) is 23.3. The van der Waals surface area contributed by atoms with E-state index in [-0.39, 0.29) is 17.1 Å². The molecule has 2 heterocycles. The van der Waals surface area contributed by atoms with Crippen molar-refractivity contribution in [1.82, 2.24) is 4.90 Å². The van der Waals surface area contributed by atoms with Crippen LogP contribution in [0.4, 0.5) is 0 Å². The van der Waals surface area contributed by atoms with Crippen molar-refractivity contribution in [3.63, 3.8) is 0 Å². The quantitative estimate of drug-likeness (QED) is 0.224. The van der Waals surface area contributed by atoms with Gasteiger partial charge in [0.1, 0.15) is 17.9 Å². The zero-order chi connectivity index (χ0) is 28.4. The molecule has 0 aliphatic carbocycles. The number of rotatable bonds is 10. The molecule has 0 bridgehead atoms. The van der Waals surface area contributed by atoms with Crippen LogP contribution in [0.15, 0.2) is 76.5 Å². The topological polar surface area (TPSA) is 78.2 Å². The van der Waals surface area contributed by atoms with Crippen LogP contribution in [0, 0.1) is 13.8 Å². The molecule has 0 spiro atoms. The van der Waals surface area contributed by atoms with Gasteiger partial charge in [-0.25, -0.2) is 0 Å². The number of benzene rings is 3. The normalized spacial score (nSPS) is 14.3. The van der Waals surface area contributed by atoms with Gasteiger partial charge in [0, 0.05) is 6.54 Å². The molecule has 0 N–H and O–H groups in total. The van der Waals surface area contributed by atoms with Crippen LogP contribution in [0.5, 0.6) is 17.2 Å². The molecule has 0 fully saturated rings. The number of aryl methyl sites for hydroxylation is 2. The van der Waals surface area contributed by atoms with Crippen molar-refractivity contribution < 1.29 is 23.4 Å². The van der Waals surface area contributed by atoms with E-state index >= 15 is 0 Å². The van der Waals surface area contributed by atoms with Gasteiger partial charge in [-0.05, 0) is 85.8 Å². The second-order valence-corrected chi connectivity index (χ2v) is 9.84. The number of hydrogen-bond acceptors (Lipinski definition) is 6. The van der Waals surface area contributed by atoms with Crippen molar-refractivity contribution in [1.29, 1.82) is 0 Å². The van der Waals surface area contributed by atoms with Gasteiger partial charge in [-0.15, -0.1) is 0 Å². The lowest BCUT2D eigenvalue weighted by Gasteiger charge is -2.26. The average Bonchev–Trinajstić information content (AvgIpc) is 3.24. The van der Waals surface area contributed by atoms with Crippen LogP contribution < -0.4 is 19.6 Å². The molecule has 0 radical (unpaired) electrons. The predicted octanol–water partition coefficient (Wildman–Crippen LogP) is 6.17. The highest BCUT2D eigenvalue weighted by atomic mass is 16.5. The van der Waals surface area contributed by atoms with Crippen molar-refractivity contribution in [2.75, 3.05) is 26.9 Å². The van der Waals surface area contributed by atoms with Gasteiger partial charge in [0.2, 0.25) is 5.76 Å². The summed E-state index contributed by atoms with van der Waals surface area (Å²) in [7, 11) is 1.63. The number of fused-ring (bicyclic) bond motifs is 2. The smallest absolute Gasteiger partial charge is 0.290 e. The fourth-order valence-electron chi connectivity index (χ4n) is 5.13. The number of ether oxygens (including phenoxy) is 3. The Morgan fingerprint density at radius 2 is 1.73 bits per heavy atom. The fourth-order valence-corrected chi connectivity index (χ4v) is 5.13. The van der Waals surface area contributed by atoms with E-state index in [1.807, 2.05) is 75.4 Å². The zero-order valence-electron chi connectivity index (χ0n) is 23.3. The second-order valence-electron chi connectivity index (χ2n) is 9.84. The Balaban J connectivity index is 1.63. The minimum absolute atomic E-state index is 0.0884. The van der Waals surface area contributed by atoms with Crippen LogP contribution in [-0.4, -0.2) is 37.7 Å². The molecule has 1 aromatic heterocycles. The molecule has 0 saturated heterocycles. The summed E-state index contributed by atoms with van der Waals surface area (Å²) in [5.74, 6) is 1.65. The molecule has 206 valence electrons. The highest BCUT2D eigenvalue weighted by Gasteiger charge is 2.42. The molecule has 7 nitrogen and oxygen atoms in total. The minimum atomic E-state index is -0.643. The highest BCUT2D eigenvalue weighted by molar-refractivity contribution is 5.99. The lowest BCUT2D eigenvalue weighted by molar-refractivity contribution is 0.0729. The first-order chi connectivity index (χ1) is 19.4. The molecule has 3 aromatic carbocycles. The average molecular weight is 540 g/mol. The van der Waals surface area contributed by atoms with Crippen LogP contribution in [0.3, 0.4) is 0 Å². The summed E-state index contributed by atoms with van der Waals surface area (Å²) in [5.41, 5.74) is 4.32. The molecule has 1 atom stereocenters. The molecule has 1 amide bonds. The molecule has 1 aliphatic rings. The Bertz CT molecular complexity index is 1640. The molecule has 7 heteroatoms. The van der Waals surface area contributed by atoms with Crippen LogP contribution in [-0.2, 0) is 6.42 Å². The van der Waals surface area contributed by atoms with Crippen molar-refractivity contribution in [3.05, 3.63) is 111 Å². The Morgan fingerprint density at radius 3 is 2.42 bits per heavy atom. The number of methoxy groups -OCH3 is 1. The van der Waals surface area contributed by atoms with Crippen LogP contribution >= 0.6 is 0 Å². The Morgan fingerprint density at radius 1 is 0.975 bits per heavy atom. The number of hydrogen-bond donors (Lipinski definition) is 0. The van der Waals surface area contributed by atoms with E-state index < -0.39 is 6.04 Å². The number of amides is 1. The maximum absolute atomic E-state index is 14.0. The number of carbonyl (C=O) groups is 1. The summed E-state index contributed by atoms with van der Waals surface area (Å²) >= 11 is 0. The Kier molecular flexibility index (Phi) is 7.65. The summed E-state index contributed by atoms with van der Waals surface area (Å²) in [6.07, 6.45) is 2.25. The molecule has 40 heavy (non-hydrogen) atoms. The number of nitrogens with zero attached hydrogens (tertiary/aromatic N) is 1. The summed E-state index contributed by atoms with van der Waals surface area (Å²) in [6, 6.07) is 16.3. The van der Waals surface area contributed by atoms with Gasteiger partial charge < -0.3 is 23.5 Å². The highest BCUT2D eigenvalue weighted by Crippen LogP contribution is 2.41. The Hall–Kier alpha value is -4.52. The third kappa shape index (κ3) is 4.95. The third-order valence-electron chi connectivity index (χ3n) is 7.32. The third-order valence-corrected chi connectivity index (χ3v) is 7.32. The van der Waals surface area contributed by atoms with Gasteiger partial charge in [0.05, 0.1) is 30.7 Å². The fraction of sp³-hybridized carbons (Fsp3) is 0.273. The standard InChI is InChI=1S/C33H33NO6/c1-6-16-39-26-13-10-23(19-28(26)38-7-2)30-29-31(35)25-17-20(3)21(4)18-27(25)40-32(29)33(36)34(30)15-14-22-8-11-24(37-5)12-9-22/h6,8-13,17-19,30H,1,7,14-16H2,2-5H3. The summed E-state index contributed by atoms with van der Waals surface area (Å²) in [5, 5.41) is 0.465. The van der Waals surface area contributed by atoms with Crippen molar-refractivity contribution in [2.24, 2.45) is 0 Å². The van der Waals surface area contributed by atoms with Gasteiger partial charge >= 0.3 is 0 Å². The maximum atomic E-state index is 14.0. The second kappa shape index (κ2) is 11.3. The van der Waals surface area contributed by atoms with Gasteiger partial charge in [-0.3, -0.25) is 9.59 Å². The predicted molar refractivity (Wildman–Crippen MR) is 155 cm³/mol. The van der Waals surface area contributed by atoms with Crippen molar-refractivity contribution >= 4 is 16.9 Å². The van der Waals surface area contributed by atoms with Gasteiger partial charge in [-0.1, -0.05) is 30.9 Å². The molecule has 1 unspecified atom stereocenters. The maximum Gasteiger partial charge on any atom is 0.290 e. The monoisotopic (exact) mass is 539 g/mol. The minimum Gasteiger partial charge on any atom is -0.497 e. The largest absolute Gasteiger partial charge is 0.497 e. The summed E-state index contributed by atoms with van der Waals surface area (Å²) in [4.78, 5) is 29.6. The first kappa shape index (κ1) is 27.1. The van der Waals surface area contributed by atoms with Crippen molar-refractivity contribution in [2.45, 2.75) is 33.2 Å². The first-order valence-corrected chi connectivity index (χ1v) is 13.4. The van der Waals surface area contributed by atoms with E-state index in [2.05, 4.69) is 6.58 Å². The van der Waals surface area contributed by atoms with Gasteiger partial charge in [-0.2, -0.15) is 0 Å². The van der Waals surface area contributed by atoms with E-state index in [0.29, 0.717) is 54.2 Å². The van der Waals surface area contributed by atoms with Crippen LogP contribution in [0.1, 0.15) is 51.3 Å². The van der Waals surface area contributed by atoms with E-state index in [4.69, 9.17) is 18.6 Å². The summed E-state index contributed by atoms with van der Waals surface area (Å²) < 4.78 is 23.1. The molecular formula is C33H33NO6. The lowest BCUT2D eigenvalue weighted by atomic mass is 9.97. The van der Waals surface area contributed by atoms with E-state index in [9.17, 15) is 9.59 Å². The van der Waals surface area contributed by atoms with Crippen LogP contribution in [0.25, 0.3) is 11.0 Å². The van der Waals surface area contributed by atoms with Crippen LogP contribution in [0.2, 0.25) is 0 Å². The first-order valence-electron chi connectivity index (χ1n) is 13.4. The Labute approximate surface area is 233 Å². The number of carbonyl (C=O) groups excluding carboxylic acids is 1. The van der Waals surface area contributed by atoms with Gasteiger partial charge in [0.25, 0.3) is 5.91 Å². The molecule has 4 aromatic rings. The molecule has 1 aliphatic heterocycles. The van der Waals surface area contributed by atoms with Crippen molar-refractivity contribution in [3.8, 4) is 17.2 Å². The van der Waals surface area contributed by atoms with Gasteiger partial charge in [0.15, 0.2) is 16.9 Å². The summed E-state index contributed by atoms with van der Waals surface area (Å²) in [6.45, 7) is 10.7. The van der Waals surface area contributed by atoms with E-state index in [0.717, 1.165) is 28.0 Å². The van der Waals surface area contributed by atoms with E-state index in [1.165, 1.54) is 0 Å². The molecular weight excluding hydrogens is 506 g/mol. The SMILES string of the molecule is C=CCOc1ccc(C2c3c(oc4cc(C)c(C)cc4c3=O)C(=O)N2CCc2ccc(OC)cc2)cc1OCC. The molecule has 0 saturated carbocycles. The lowest BCUT2D eigenvalue weighted by Crippen LogP contribution is -2.31. The van der Waals surface area contributed by atoms with E-state index in [1.54, 1.807) is 18.1 Å². The molecule has 5 rings (SSSR count).